The standard InChI is InChI=1S/C21H23ClN8O2/c22-16-18(24)27-17(23)15(26-16)19(32)28-20-25-12-21(29-20)8-10-30(11-9-21)14(31)7-6-13-4-2-1-3-5-13/h1-5,16,18H,8-12,24H2,(H2,23,27)(H2,25,28,29,32). The van der Waals surface area contributed by atoms with E-state index in [4.69, 9.17) is 23.1 Å². The van der Waals surface area contributed by atoms with Crippen molar-refractivity contribution in [3.05, 3.63) is 35.9 Å². The van der Waals surface area contributed by atoms with Crippen LogP contribution in [0, 0.1) is 11.8 Å². The van der Waals surface area contributed by atoms with Gasteiger partial charge in [0.2, 0.25) is 0 Å². The molecule has 2 atom stereocenters. The van der Waals surface area contributed by atoms with Gasteiger partial charge in [0, 0.05) is 24.6 Å². The van der Waals surface area contributed by atoms with Crippen LogP contribution < -0.4 is 22.1 Å². The minimum absolute atomic E-state index is 0.0661. The number of halogens is 1. The van der Waals surface area contributed by atoms with Crippen molar-refractivity contribution in [2.24, 2.45) is 26.4 Å². The number of aliphatic imine (C=N–C) groups is 3. The monoisotopic (exact) mass is 454 g/mol. The van der Waals surface area contributed by atoms with Crippen LogP contribution in [-0.2, 0) is 9.59 Å². The number of carbonyl (C=O) groups is 2. The molecular weight excluding hydrogens is 432 g/mol. The van der Waals surface area contributed by atoms with Gasteiger partial charge < -0.3 is 21.7 Å². The van der Waals surface area contributed by atoms with Crippen LogP contribution in [-0.4, -0.2) is 71.1 Å². The molecule has 1 fully saturated rings. The van der Waals surface area contributed by atoms with Crippen molar-refractivity contribution in [3.8, 4) is 11.8 Å². The second-order valence-electron chi connectivity index (χ2n) is 7.79. The molecule has 1 aromatic carbocycles. The molecule has 0 saturated carbocycles. The summed E-state index contributed by atoms with van der Waals surface area (Å²) in [5.41, 5.74) is 11.0. The third-order valence-electron chi connectivity index (χ3n) is 5.53. The molecule has 0 aliphatic carbocycles. The molecule has 32 heavy (non-hydrogen) atoms. The summed E-state index contributed by atoms with van der Waals surface area (Å²) < 4.78 is 0. The molecule has 10 nitrogen and oxygen atoms in total. The quantitative estimate of drug-likeness (QED) is 0.247. The molecule has 0 aromatic heterocycles. The van der Waals surface area contributed by atoms with Gasteiger partial charge in [-0.15, -0.1) is 0 Å². The van der Waals surface area contributed by atoms with Crippen molar-refractivity contribution >= 4 is 40.9 Å². The molecule has 6 N–H and O–H groups in total. The Morgan fingerprint density at radius 2 is 1.94 bits per heavy atom. The first kappa shape index (κ1) is 21.8. The normalized spacial score (nSPS) is 23.8. The fraction of sp³-hybridized carbons (Fsp3) is 0.381. The number of hydrogen-bond donors (Lipinski definition) is 4. The van der Waals surface area contributed by atoms with Gasteiger partial charge in [0.25, 0.3) is 11.8 Å². The van der Waals surface area contributed by atoms with Gasteiger partial charge in [0.1, 0.15) is 6.17 Å². The predicted octanol–water partition coefficient (Wildman–Crippen LogP) is -0.864. The van der Waals surface area contributed by atoms with Gasteiger partial charge in [-0.2, -0.15) is 0 Å². The number of guanidine groups is 1. The van der Waals surface area contributed by atoms with Crippen molar-refractivity contribution in [2.45, 2.75) is 30.0 Å². The van der Waals surface area contributed by atoms with Crippen LogP contribution in [0.3, 0.4) is 0 Å². The van der Waals surface area contributed by atoms with Crippen LogP contribution in [0.1, 0.15) is 18.4 Å². The van der Waals surface area contributed by atoms with E-state index < -0.39 is 17.6 Å². The molecule has 4 rings (SSSR count). The molecule has 3 aliphatic heterocycles. The lowest BCUT2D eigenvalue weighted by atomic mass is 9.88. The molecule has 2 unspecified atom stereocenters. The van der Waals surface area contributed by atoms with Crippen molar-refractivity contribution in [3.63, 3.8) is 0 Å². The Hall–Kier alpha value is -3.42. The van der Waals surface area contributed by atoms with Crippen LogP contribution in [0.4, 0.5) is 0 Å². The maximum absolute atomic E-state index is 12.5. The summed E-state index contributed by atoms with van der Waals surface area (Å²) in [6.45, 7) is 1.58. The number of hydrogen-bond acceptors (Lipinski definition) is 8. The summed E-state index contributed by atoms with van der Waals surface area (Å²) in [5.74, 6) is 5.11. The summed E-state index contributed by atoms with van der Waals surface area (Å²) in [4.78, 5) is 39.0. The van der Waals surface area contributed by atoms with Crippen LogP contribution in [0.2, 0.25) is 0 Å². The number of amidine groups is 1. The Morgan fingerprint density at radius 1 is 1.22 bits per heavy atom. The van der Waals surface area contributed by atoms with Crippen molar-refractivity contribution in [1.82, 2.24) is 15.5 Å². The van der Waals surface area contributed by atoms with Gasteiger partial charge in [-0.1, -0.05) is 35.7 Å². The van der Waals surface area contributed by atoms with Gasteiger partial charge >= 0.3 is 0 Å². The number of piperidine rings is 1. The number of carbonyl (C=O) groups excluding carboxylic acids is 2. The third kappa shape index (κ3) is 4.74. The first-order chi connectivity index (χ1) is 15.3. The summed E-state index contributed by atoms with van der Waals surface area (Å²) in [5, 5.41) is 5.94. The van der Waals surface area contributed by atoms with Gasteiger partial charge in [0.05, 0.1) is 12.1 Å². The fourth-order valence-electron chi connectivity index (χ4n) is 3.67. The van der Waals surface area contributed by atoms with E-state index in [-0.39, 0.29) is 23.0 Å². The minimum Gasteiger partial charge on any atom is -0.382 e. The number of alkyl halides is 1. The Balaban J connectivity index is 1.30. The van der Waals surface area contributed by atoms with E-state index in [1.54, 1.807) is 4.90 Å². The molecule has 0 radical (unpaired) electrons. The molecule has 1 saturated heterocycles. The molecule has 1 aromatic rings. The Morgan fingerprint density at radius 3 is 2.66 bits per heavy atom. The fourth-order valence-corrected chi connectivity index (χ4v) is 3.82. The van der Waals surface area contributed by atoms with Gasteiger partial charge in [-0.05, 0) is 25.0 Å². The van der Waals surface area contributed by atoms with Gasteiger partial charge in [-0.3, -0.25) is 24.9 Å². The number of likely N-dealkylation sites (tertiary alicyclic amines) is 1. The summed E-state index contributed by atoms with van der Waals surface area (Å²) in [6.07, 6.45) is 0.568. The highest BCUT2D eigenvalue weighted by molar-refractivity contribution is 6.67. The summed E-state index contributed by atoms with van der Waals surface area (Å²) in [6, 6.07) is 9.39. The van der Waals surface area contributed by atoms with E-state index >= 15 is 0 Å². The lowest BCUT2D eigenvalue weighted by Crippen LogP contribution is -2.57. The number of nitrogens with two attached hydrogens (primary N) is 2. The first-order valence-corrected chi connectivity index (χ1v) is 10.6. The number of benzene rings is 1. The smallest absolute Gasteiger partial charge is 0.298 e. The second kappa shape index (κ2) is 8.98. The van der Waals surface area contributed by atoms with Crippen molar-refractivity contribution in [2.75, 3.05) is 19.6 Å². The van der Waals surface area contributed by atoms with Gasteiger partial charge in [0.15, 0.2) is 23.0 Å². The zero-order valence-corrected chi connectivity index (χ0v) is 18.0. The highest BCUT2D eigenvalue weighted by Gasteiger charge is 2.40. The maximum atomic E-state index is 12.5. The van der Waals surface area contributed by atoms with E-state index in [0.29, 0.717) is 38.4 Å². The van der Waals surface area contributed by atoms with E-state index in [0.717, 1.165) is 5.56 Å². The van der Waals surface area contributed by atoms with E-state index in [9.17, 15) is 9.59 Å². The average Bonchev–Trinajstić information content (AvgIpc) is 3.17. The summed E-state index contributed by atoms with van der Waals surface area (Å²) >= 11 is 5.96. The third-order valence-corrected chi connectivity index (χ3v) is 5.89. The van der Waals surface area contributed by atoms with Gasteiger partial charge in [-0.25, -0.2) is 4.99 Å². The molecule has 3 heterocycles. The number of rotatable bonds is 1. The molecule has 11 heteroatoms. The van der Waals surface area contributed by atoms with E-state index in [1.165, 1.54) is 0 Å². The predicted molar refractivity (Wildman–Crippen MR) is 122 cm³/mol. The lowest BCUT2D eigenvalue weighted by molar-refractivity contribution is -0.126. The van der Waals surface area contributed by atoms with E-state index in [1.807, 2.05) is 30.3 Å². The molecule has 166 valence electrons. The molecule has 0 bridgehead atoms. The Bertz CT molecular complexity index is 1060. The SMILES string of the molecule is NC1=NC(N)C(Cl)N=C1C(=O)NC1=NCC2(CCN(C(=O)C#Cc3ccccc3)CC2)N1. The number of nitrogens with zero attached hydrogens (tertiary/aromatic N) is 4. The lowest BCUT2D eigenvalue weighted by Gasteiger charge is -2.38. The Labute approximate surface area is 190 Å². The maximum Gasteiger partial charge on any atom is 0.298 e. The minimum atomic E-state index is -0.861. The van der Waals surface area contributed by atoms with E-state index in [2.05, 4.69) is 37.5 Å². The number of amides is 2. The molecule has 1 spiro atoms. The summed E-state index contributed by atoms with van der Waals surface area (Å²) in [7, 11) is 0. The van der Waals surface area contributed by atoms with Crippen molar-refractivity contribution < 1.29 is 9.59 Å². The first-order valence-electron chi connectivity index (χ1n) is 10.2. The van der Waals surface area contributed by atoms with Crippen molar-refractivity contribution in [1.29, 1.82) is 0 Å². The molecular formula is C21H23ClN8O2. The largest absolute Gasteiger partial charge is 0.382 e. The second-order valence-corrected chi connectivity index (χ2v) is 8.23. The van der Waals surface area contributed by atoms with Crippen LogP contribution in [0.5, 0.6) is 0 Å². The topological polar surface area (TPSA) is 151 Å². The van der Waals surface area contributed by atoms with Crippen LogP contribution in [0.15, 0.2) is 45.3 Å². The average molecular weight is 455 g/mol. The number of nitrogens with one attached hydrogen (secondary N) is 2. The highest BCUT2D eigenvalue weighted by atomic mass is 35.5. The zero-order valence-electron chi connectivity index (χ0n) is 17.2. The Kier molecular flexibility index (Phi) is 6.12. The highest BCUT2D eigenvalue weighted by Crippen LogP contribution is 2.25. The molecule has 2 amide bonds. The molecule has 3 aliphatic rings. The zero-order chi connectivity index (χ0) is 22.7. The van der Waals surface area contributed by atoms with Crippen LogP contribution >= 0.6 is 11.6 Å². The van der Waals surface area contributed by atoms with Crippen LogP contribution in [0.25, 0.3) is 0 Å².